The second kappa shape index (κ2) is 20.0. The van der Waals surface area contributed by atoms with Gasteiger partial charge in [-0.2, -0.15) is 0 Å². The van der Waals surface area contributed by atoms with Crippen LogP contribution in [0.4, 0.5) is 5.13 Å². The number of fused-ring (bicyclic) bond motifs is 1. The standard InChI is InChI=1S/C52H48ClN5O7S2/c1-34(47(61)64-50(2,3)4)65-57-41(40-30-66-49(54-40)56-52(37-24-14-7-15-25-37,38-26-16-8-17-27-38)39-28-18-9-19-29-39)44(59)55-42-45(60)58-32-51(31-53,33-67-46(42)58)48(62)63-43(35-20-10-5-11-21-35)36-22-12-6-13-23-36/h5-30,42-43,46H,1,31-33H2,2-4H3,(H,54,56)(H,55,59)/t42?,46-,51?/m1/s1. The van der Waals surface area contributed by atoms with Crippen LogP contribution < -0.4 is 10.6 Å². The molecule has 0 saturated carbocycles. The number of hydrogen-bond donors (Lipinski definition) is 2. The molecule has 2 unspecified atom stereocenters. The number of amides is 2. The predicted octanol–water partition coefficient (Wildman–Crippen LogP) is 9.08. The summed E-state index contributed by atoms with van der Waals surface area (Å²) in [5, 5.41) is 12.2. The van der Waals surface area contributed by atoms with Crippen LogP contribution in [0.1, 0.15) is 60.4 Å². The molecule has 2 N–H and O–H groups in total. The number of β-lactam (4-membered cyclic amide) rings is 1. The lowest BCUT2D eigenvalue weighted by Crippen LogP contribution is -2.74. The molecule has 2 aliphatic rings. The molecule has 2 saturated heterocycles. The van der Waals surface area contributed by atoms with Gasteiger partial charge in [0.15, 0.2) is 16.9 Å². The fraction of sp³-hybridized carbons (Fsp3) is 0.231. The molecule has 0 aliphatic carbocycles. The molecular formula is C52H48ClN5O7S2. The maximum atomic E-state index is 14.4. The molecule has 0 radical (unpaired) electrons. The van der Waals surface area contributed by atoms with Crippen molar-refractivity contribution in [1.29, 1.82) is 0 Å². The summed E-state index contributed by atoms with van der Waals surface area (Å²) in [7, 11) is 0. The molecule has 342 valence electrons. The molecule has 67 heavy (non-hydrogen) atoms. The molecule has 3 atom stereocenters. The van der Waals surface area contributed by atoms with Crippen LogP contribution in [0.15, 0.2) is 175 Å². The molecule has 1 aromatic heterocycles. The summed E-state index contributed by atoms with van der Waals surface area (Å²) in [5.74, 6) is -2.98. The summed E-state index contributed by atoms with van der Waals surface area (Å²) < 4.78 is 11.6. The quantitative estimate of drug-likeness (QED) is 0.0141. The Kier molecular flexibility index (Phi) is 14.0. The average Bonchev–Trinajstić information content (AvgIpc) is 3.82. The number of anilines is 1. The number of alkyl halides is 1. The number of nitrogens with one attached hydrogen (secondary N) is 2. The van der Waals surface area contributed by atoms with Crippen LogP contribution in [-0.4, -0.2) is 74.5 Å². The fourth-order valence-corrected chi connectivity index (χ4v) is 10.7. The van der Waals surface area contributed by atoms with Gasteiger partial charge in [-0.05, 0) is 55.2 Å². The first kappa shape index (κ1) is 46.8. The number of oxime groups is 1. The minimum atomic E-state index is -1.23. The van der Waals surface area contributed by atoms with Crippen molar-refractivity contribution in [1.82, 2.24) is 15.2 Å². The minimum Gasteiger partial charge on any atom is -0.454 e. The van der Waals surface area contributed by atoms with Crippen molar-refractivity contribution >= 4 is 69.3 Å². The third-order valence-electron chi connectivity index (χ3n) is 11.3. The normalized spacial score (nSPS) is 18.3. The van der Waals surface area contributed by atoms with Crippen molar-refractivity contribution in [3.8, 4) is 0 Å². The van der Waals surface area contributed by atoms with Crippen molar-refractivity contribution in [2.24, 2.45) is 10.6 Å². The number of esters is 2. The highest BCUT2D eigenvalue weighted by atomic mass is 35.5. The van der Waals surface area contributed by atoms with Crippen LogP contribution in [0.3, 0.4) is 0 Å². The molecule has 6 aromatic rings. The summed E-state index contributed by atoms with van der Waals surface area (Å²) in [6.07, 6.45) is -0.698. The Morgan fingerprint density at radius 3 is 1.84 bits per heavy atom. The summed E-state index contributed by atoms with van der Waals surface area (Å²) >= 11 is 9.13. The van der Waals surface area contributed by atoms with E-state index in [0.29, 0.717) is 5.13 Å². The SMILES string of the molecule is C=C(ON=C(C(=O)NC1C(=O)N2CC(CCl)(C(=O)OC(c3ccccc3)c3ccccc3)CS[C@H]12)c1csc(NC(c2ccccc2)(c2ccccc2)c2ccccc2)n1)C(=O)OC(C)(C)C. The Bertz CT molecular complexity index is 2620. The first-order valence-corrected chi connectivity index (χ1v) is 24.0. The maximum absolute atomic E-state index is 14.4. The molecule has 12 nitrogen and oxygen atoms in total. The largest absolute Gasteiger partial charge is 0.454 e. The monoisotopic (exact) mass is 953 g/mol. The molecule has 0 bridgehead atoms. The lowest BCUT2D eigenvalue weighted by Gasteiger charge is -2.53. The van der Waals surface area contributed by atoms with E-state index in [2.05, 4.69) is 22.4 Å². The zero-order valence-electron chi connectivity index (χ0n) is 37.0. The van der Waals surface area contributed by atoms with Crippen LogP contribution >= 0.6 is 34.7 Å². The van der Waals surface area contributed by atoms with E-state index in [9.17, 15) is 19.2 Å². The first-order chi connectivity index (χ1) is 32.3. The van der Waals surface area contributed by atoms with E-state index < -0.39 is 63.6 Å². The first-order valence-electron chi connectivity index (χ1n) is 21.5. The number of benzene rings is 5. The molecule has 2 amide bonds. The van der Waals surface area contributed by atoms with Crippen LogP contribution in [0.25, 0.3) is 0 Å². The number of hydrogen-bond acceptors (Lipinski definition) is 12. The van der Waals surface area contributed by atoms with E-state index in [1.165, 1.54) is 28.0 Å². The molecule has 0 spiro atoms. The van der Waals surface area contributed by atoms with E-state index in [0.717, 1.165) is 27.8 Å². The van der Waals surface area contributed by atoms with E-state index in [-0.39, 0.29) is 29.6 Å². The lowest BCUT2D eigenvalue weighted by atomic mass is 9.77. The molecule has 5 aromatic carbocycles. The lowest BCUT2D eigenvalue weighted by molar-refractivity contribution is -0.164. The third-order valence-corrected chi connectivity index (χ3v) is 14.2. The van der Waals surface area contributed by atoms with Crippen LogP contribution in [0.5, 0.6) is 0 Å². The van der Waals surface area contributed by atoms with Gasteiger partial charge in [-0.15, -0.1) is 34.7 Å². The Morgan fingerprint density at radius 2 is 1.34 bits per heavy atom. The molecule has 8 rings (SSSR count). The number of thiazole rings is 1. The second-order valence-corrected chi connectivity index (χ2v) is 19.3. The van der Waals surface area contributed by atoms with Crippen molar-refractivity contribution in [3.63, 3.8) is 0 Å². The molecule has 2 fully saturated rings. The highest BCUT2D eigenvalue weighted by Crippen LogP contribution is 2.45. The van der Waals surface area contributed by atoms with Gasteiger partial charge in [0, 0.05) is 23.6 Å². The van der Waals surface area contributed by atoms with Crippen molar-refractivity contribution in [2.75, 3.05) is 23.5 Å². The highest BCUT2D eigenvalue weighted by molar-refractivity contribution is 8.00. The summed E-state index contributed by atoms with van der Waals surface area (Å²) in [4.78, 5) is 67.3. The number of rotatable bonds is 16. The number of carbonyl (C=O) groups excluding carboxylic acids is 4. The van der Waals surface area contributed by atoms with Crippen LogP contribution in [0.2, 0.25) is 0 Å². The van der Waals surface area contributed by atoms with Gasteiger partial charge < -0.3 is 29.8 Å². The number of ether oxygens (including phenoxy) is 2. The van der Waals surface area contributed by atoms with Crippen LogP contribution in [0, 0.1) is 5.41 Å². The van der Waals surface area contributed by atoms with Gasteiger partial charge in [0.05, 0.1) is 0 Å². The number of nitrogens with zero attached hydrogens (tertiary/aromatic N) is 3. The molecule has 2 aliphatic heterocycles. The Balaban J connectivity index is 1.05. The highest BCUT2D eigenvalue weighted by Gasteiger charge is 2.58. The zero-order valence-corrected chi connectivity index (χ0v) is 39.4. The van der Waals surface area contributed by atoms with Crippen molar-refractivity contribution < 1.29 is 33.5 Å². The summed E-state index contributed by atoms with van der Waals surface area (Å²) in [5.41, 5.74) is 1.14. The van der Waals surface area contributed by atoms with Crippen LogP contribution in [-0.2, 0) is 39.0 Å². The van der Waals surface area contributed by atoms with Crippen molar-refractivity contribution in [3.05, 3.63) is 203 Å². The predicted molar refractivity (Wildman–Crippen MR) is 261 cm³/mol. The number of carbonyl (C=O) groups is 4. The molecular weight excluding hydrogens is 906 g/mol. The third kappa shape index (κ3) is 10.0. The number of thioether (sulfide) groups is 1. The Labute approximate surface area is 402 Å². The molecule has 3 heterocycles. The summed E-state index contributed by atoms with van der Waals surface area (Å²) in [6, 6.07) is 47.7. The smallest absolute Gasteiger partial charge is 0.376 e. The van der Waals surface area contributed by atoms with Gasteiger partial charge in [0.2, 0.25) is 11.7 Å². The van der Waals surface area contributed by atoms with E-state index in [1.807, 2.05) is 152 Å². The average molecular weight is 955 g/mol. The minimum absolute atomic E-state index is 0.0125. The Morgan fingerprint density at radius 1 is 0.836 bits per heavy atom. The molecule has 15 heteroatoms. The topological polar surface area (TPSA) is 149 Å². The number of halogens is 1. The van der Waals surface area contributed by atoms with Crippen molar-refractivity contribution in [2.45, 2.75) is 49.4 Å². The fourth-order valence-electron chi connectivity index (χ4n) is 7.97. The van der Waals surface area contributed by atoms with Gasteiger partial charge in [-0.3, -0.25) is 14.4 Å². The maximum Gasteiger partial charge on any atom is 0.376 e. The van der Waals surface area contributed by atoms with Gasteiger partial charge >= 0.3 is 11.9 Å². The van der Waals surface area contributed by atoms with Gasteiger partial charge in [-0.25, -0.2) is 9.78 Å². The second-order valence-electron chi connectivity index (χ2n) is 17.1. The van der Waals surface area contributed by atoms with Gasteiger partial charge in [-0.1, -0.05) is 157 Å². The zero-order chi connectivity index (χ0) is 47.2. The van der Waals surface area contributed by atoms with Gasteiger partial charge in [0.25, 0.3) is 5.91 Å². The number of aromatic nitrogens is 1. The van der Waals surface area contributed by atoms with E-state index in [1.54, 1.807) is 26.2 Å². The summed E-state index contributed by atoms with van der Waals surface area (Å²) in [6.45, 7) is 8.75. The Hall–Kier alpha value is -6.74. The van der Waals surface area contributed by atoms with Gasteiger partial charge in [0.1, 0.15) is 33.7 Å². The van der Waals surface area contributed by atoms with E-state index >= 15 is 0 Å². The van der Waals surface area contributed by atoms with E-state index in [4.69, 9.17) is 30.9 Å².